The predicted octanol–water partition coefficient (Wildman–Crippen LogP) is -2.46. The summed E-state index contributed by atoms with van der Waals surface area (Å²) in [4.78, 5) is 13.4. The van der Waals surface area contributed by atoms with E-state index < -0.39 is 101 Å². The smallest absolute Gasteiger partial charge is 0.239 e. The summed E-state index contributed by atoms with van der Waals surface area (Å²) in [5.41, 5.74) is -1.49. The highest BCUT2D eigenvalue weighted by Crippen LogP contribution is 2.39. The molecule has 0 radical (unpaired) electrons. The van der Waals surface area contributed by atoms with E-state index >= 15 is 0 Å². The summed E-state index contributed by atoms with van der Waals surface area (Å²) >= 11 is 0. The van der Waals surface area contributed by atoms with Crippen LogP contribution in [0.2, 0.25) is 0 Å². The van der Waals surface area contributed by atoms with E-state index in [1.165, 1.54) is 6.07 Å². The molecule has 212 valence electrons. The first kappa shape index (κ1) is 28.3. The van der Waals surface area contributed by atoms with Crippen molar-refractivity contribution in [3.8, 4) is 40.1 Å². The molecule has 4 rings (SSSR count). The molecular weight excluding hydrogens is 528 g/mol. The number of hydrogen-bond acceptors (Lipinski definition) is 15. The number of phenols is 4. The molecule has 0 bridgehead atoms. The van der Waals surface area contributed by atoms with Gasteiger partial charge in [0.25, 0.3) is 0 Å². The number of ether oxygens (including phenoxy) is 2. The van der Waals surface area contributed by atoms with Crippen LogP contribution in [0, 0.1) is 0 Å². The Balaban J connectivity index is 1.83. The minimum atomic E-state index is -2.14. The third-order valence-electron chi connectivity index (χ3n) is 6.26. The van der Waals surface area contributed by atoms with Crippen molar-refractivity contribution in [1.82, 2.24) is 0 Å². The van der Waals surface area contributed by atoms with Crippen LogP contribution in [0.3, 0.4) is 0 Å². The van der Waals surface area contributed by atoms with Crippen LogP contribution < -0.4 is 10.2 Å². The van der Waals surface area contributed by atoms with Crippen LogP contribution >= 0.6 is 0 Å². The summed E-state index contributed by atoms with van der Waals surface area (Å²) in [6, 6.07) is 5.05. The number of aliphatic hydroxyl groups is 7. The molecule has 8 atom stereocenters. The number of benzene rings is 2. The van der Waals surface area contributed by atoms with Gasteiger partial charge in [0, 0.05) is 17.7 Å². The molecule has 0 amide bonds. The van der Waals surface area contributed by atoms with Crippen molar-refractivity contribution in [2.75, 3.05) is 6.61 Å². The third kappa shape index (κ3) is 5.17. The number of fused-ring (bicyclic) bond motifs is 1. The topological polar surface area (TPSA) is 271 Å². The van der Waals surface area contributed by atoms with E-state index in [4.69, 9.17) is 19.0 Å². The largest absolute Gasteiger partial charge is 0.508 e. The van der Waals surface area contributed by atoms with Gasteiger partial charge in [0.15, 0.2) is 17.3 Å². The zero-order valence-corrected chi connectivity index (χ0v) is 19.8. The van der Waals surface area contributed by atoms with Crippen molar-refractivity contribution in [1.29, 1.82) is 0 Å². The van der Waals surface area contributed by atoms with Gasteiger partial charge in [-0.3, -0.25) is 4.79 Å². The minimum Gasteiger partial charge on any atom is -0.508 e. The zero-order valence-electron chi connectivity index (χ0n) is 19.8. The predicted molar refractivity (Wildman–Crippen MR) is 127 cm³/mol. The molecule has 0 saturated carbocycles. The molecule has 1 saturated heterocycles. The minimum absolute atomic E-state index is 0.0777. The molecule has 1 aliphatic heterocycles. The van der Waals surface area contributed by atoms with Crippen LogP contribution in [0.25, 0.3) is 22.3 Å². The second kappa shape index (κ2) is 10.8. The van der Waals surface area contributed by atoms with Crippen LogP contribution in [0.5, 0.6) is 28.7 Å². The Morgan fingerprint density at radius 3 is 2.21 bits per heavy atom. The Hall–Kier alpha value is -3.67. The van der Waals surface area contributed by atoms with E-state index in [0.29, 0.717) is 0 Å². The van der Waals surface area contributed by atoms with E-state index in [9.17, 15) is 55.9 Å². The lowest BCUT2D eigenvalue weighted by Gasteiger charge is -2.43. The zero-order chi connectivity index (χ0) is 28.8. The molecule has 0 unspecified atom stereocenters. The number of hydrogen-bond donors (Lipinski definition) is 11. The molecule has 3 aromatic rings. The Bertz CT molecular complexity index is 1400. The maximum atomic E-state index is 13.4. The maximum absolute atomic E-state index is 13.4. The van der Waals surface area contributed by atoms with Gasteiger partial charge in [0.1, 0.15) is 65.2 Å². The number of phenolic OH excluding ortho intramolecular Hbond substituents is 4. The van der Waals surface area contributed by atoms with Crippen molar-refractivity contribution in [2.45, 2.75) is 49.0 Å². The van der Waals surface area contributed by atoms with Gasteiger partial charge in [-0.2, -0.15) is 0 Å². The summed E-state index contributed by atoms with van der Waals surface area (Å²) in [6.07, 6.45) is -16.3. The lowest BCUT2D eigenvalue weighted by atomic mass is 9.91. The van der Waals surface area contributed by atoms with E-state index in [2.05, 4.69) is 0 Å². The number of aromatic hydroxyl groups is 4. The van der Waals surface area contributed by atoms with Crippen LogP contribution in [0.1, 0.15) is 0 Å². The highest BCUT2D eigenvalue weighted by atomic mass is 16.7. The van der Waals surface area contributed by atoms with Gasteiger partial charge in [0.2, 0.25) is 17.5 Å². The highest BCUT2D eigenvalue weighted by Gasteiger charge is 2.50. The second-order valence-electron chi connectivity index (χ2n) is 8.92. The van der Waals surface area contributed by atoms with E-state index in [1.54, 1.807) is 0 Å². The summed E-state index contributed by atoms with van der Waals surface area (Å²) in [5.74, 6) is -3.59. The molecule has 2 aromatic carbocycles. The SMILES string of the molecule is O=c1c(O[C@H]2O[C@H]([C@H](O)[C@H](O)[C@H](O)CO)[C@@H](O)[C@H](O)[C@H]2O)c(-c2ccc(O)c(O)c2)oc2cc(O)cc(O)c12. The first-order chi connectivity index (χ1) is 18.3. The molecule has 1 fully saturated rings. The van der Waals surface area contributed by atoms with Crippen LogP contribution in [0.4, 0.5) is 0 Å². The molecule has 1 aromatic heterocycles. The van der Waals surface area contributed by atoms with E-state index in [1.807, 2.05) is 0 Å². The lowest BCUT2D eigenvalue weighted by molar-refractivity contribution is -0.297. The first-order valence-electron chi connectivity index (χ1n) is 11.4. The molecule has 0 spiro atoms. The van der Waals surface area contributed by atoms with Gasteiger partial charge in [0.05, 0.1) is 6.61 Å². The molecule has 39 heavy (non-hydrogen) atoms. The summed E-state index contributed by atoms with van der Waals surface area (Å²) < 4.78 is 16.6. The molecule has 15 heteroatoms. The molecule has 15 nitrogen and oxygen atoms in total. The Morgan fingerprint density at radius 1 is 0.872 bits per heavy atom. The Morgan fingerprint density at radius 2 is 1.56 bits per heavy atom. The molecule has 0 aliphatic carbocycles. The number of aliphatic hydroxyl groups excluding tert-OH is 7. The van der Waals surface area contributed by atoms with Gasteiger partial charge in [-0.05, 0) is 18.2 Å². The van der Waals surface area contributed by atoms with Crippen LogP contribution in [0.15, 0.2) is 39.5 Å². The molecule has 2 heterocycles. The quantitative estimate of drug-likeness (QED) is 0.135. The monoisotopic (exact) mass is 554 g/mol. The normalized spacial score (nSPS) is 25.8. The Kier molecular flexibility index (Phi) is 7.87. The van der Waals surface area contributed by atoms with Crippen LogP contribution in [-0.4, -0.2) is 112 Å². The van der Waals surface area contributed by atoms with Crippen molar-refractivity contribution in [3.05, 3.63) is 40.6 Å². The van der Waals surface area contributed by atoms with E-state index in [0.717, 1.165) is 24.3 Å². The van der Waals surface area contributed by atoms with Gasteiger partial charge in [-0.1, -0.05) is 0 Å². The lowest BCUT2D eigenvalue weighted by Crippen LogP contribution is -2.64. The van der Waals surface area contributed by atoms with Crippen molar-refractivity contribution < 1.29 is 70.1 Å². The standard InChI is InChI=1S/C24H26O15/c25-6-12(30)15(31)18(34)22-19(35)17(33)20(36)24(38-22)39-23-16(32)14-11(29)4-8(26)5-13(14)37-21(23)7-1-2-9(27)10(28)3-7/h1-5,12,15,17-20,22,24-31,33-36H,6H2/t12-,15-,17+,18-,19+,20-,22-,24-/m1/s1. The van der Waals surface area contributed by atoms with Gasteiger partial charge < -0.3 is 70.1 Å². The fourth-order valence-electron chi connectivity index (χ4n) is 4.13. The molecule has 11 N–H and O–H groups in total. The van der Waals surface area contributed by atoms with Crippen molar-refractivity contribution in [2.24, 2.45) is 0 Å². The summed E-state index contributed by atoms with van der Waals surface area (Å²) in [6.45, 7) is -0.980. The van der Waals surface area contributed by atoms with Gasteiger partial charge >= 0.3 is 0 Å². The second-order valence-corrected chi connectivity index (χ2v) is 8.92. The molecule has 1 aliphatic rings. The fourth-order valence-corrected chi connectivity index (χ4v) is 4.13. The van der Waals surface area contributed by atoms with Gasteiger partial charge in [-0.25, -0.2) is 0 Å². The average molecular weight is 554 g/mol. The van der Waals surface area contributed by atoms with Gasteiger partial charge in [-0.15, -0.1) is 0 Å². The first-order valence-corrected chi connectivity index (χ1v) is 11.4. The van der Waals surface area contributed by atoms with Crippen molar-refractivity contribution >= 4 is 11.0 Å². The summed E-state index contributed by atoms with van der Waals surface area (Å²) in [5, 5.41) is 110. The highest BCUT2D eigenvalue weighted by molar-refractivity contribution is 5.88. The maximum Gasteiger partial charge on any atom is 0.239 e. The summed E-state index contributed by atoms with van der Waals surface area (Å²) in [7, 11) is 0. The Labute approximate surface area is 217 Å². The van der Waals surface area contributed by atoms with Crippen LogP contribution in [-0.2, 0) is 4.74 Å². The number of rotatable bonds is 7. The molecular formula is C24H26O15. The van der Waals surface area contributed by atoms with Crippen molar-refractivity contribution in [3.63, 3.8) is 0 Å². The third-order valence-corrected chi connectivity index (χ3v) is 6.26. The average Bonchev–Trinajstić information content (AvgIpc) is 2.89. The fraction of sp³-hybridized carbons (Fsp3) is 0.375. The van der Waals surface area contributed by atoms with E-state index in [-0.39, 0.29) is 11.1 Å².